The fourth-order valence-electron chi connectivity index (χ4n) is 2.02. The molecule has 0 saturated carbocycles. The molecule has 0 radical (unpaired) electrons. The molecule has 0 aliphatic carbocycles. The lowest BCUT2D eigenvalue weighted by Gasteiger charge is -2.11. The summed E-state index contributed by atoms with van der Waals surface area (Å²) in [5.41, 5.74) is 2.48. The molecule has 0 aliphatic heterocycles. The predicted octanol–water partition coefficient (Wildman–Crippen LogP) is 4.07. The molecule has 2 rings (SSSR count). The first-order chi connectivity index (χ1) is 9.17. The lowest BCUT2D eigenvalue weighted by atomic mass is 10.0. The van der Waals surface area contributed by atoms with E-state index in [1.807, 2.05) is 38.1 Å². The largest absolute Gasteiger partial charge is 0.497 e. The van der Waals surface area contributed by atoms with E-state index in [-0.39, 0.29) is 6.10 Å². The molecule has 0 N–H and O–H groups in total. The monoisotopic (exact) mass is 256 g/mol. The van der Waals surface area contributed by atoms with Gasteiger partial charge in [-0.3, -0.25) is 0 Å². The molecule has 0 bridgehead atoms. The van der Waals surface area contributed by atoms with E-state index < -0.39 is 0 Å². The van der Waals surface area contributed by atoms with Crippen LogP contribution in [0.3, 0.4) is 0 Å². The van der Waals surface area contributed by atoms with Gasteiger partial charge in [0.25, 0.3) is 0 Å². The topological polar surface area (TPSA) is 18.5 Å². The fraction of sp³-hybridized carbons (Fsp3) is 0.294. The Hall–Kier alpha value is -1.96. The third-order valence-corrected chi connectivity index (χ3v) is 2.81. The maximum Gasteiger partial charge on any atom is 0.119 e. The molecule has 19 heavy (non-hydrogen) atoms. The van der Waals surface area contributed by atoms with Gasteiger partial charge in [0.15, 0.2) is 0 Å². The summed E-state index contributed by atoms with van der Waals surface area (Å²) in [5.74, 6) is 1.82. The molecule has 0 amide bonds. The van der Waals surface area contributed by atoms with Gasteiger partial charge in [-0.1, -0.05) is 24.3 Å². The molecule has 0 unspecified atom stereocenters. The Morgan fingerprint density at radius 1 is 0.895 bits per heavy atom. The minimum absolute atomic E-state index is 0.201. The van der Waals surface area contributed by atoms with Crippen molar-refractivity contribution in [2.24, 2.45) is 0 Å². The summed E-state index contributed by atoms with van der Waals surface area (Å²) < 4.78 is 11.0. The Morgan fingerprint density at radius 2 is 1.47 bits per heavy atom. The Morgan fingerprint density at radius 3 is 2.05 bits per heavy atom. The lowest BCUT2D eigenvalue weighted by Crippen LogP contribution is -2.05. The highest BCUT2D eigenvalue weighted by molar-refractivity contribution is 5.35. The van der Waals surface area contributed by atoms with Crippen LogP contribution in [0.5, 0.6) is 11.5 Å². The third kappa shape index (κ3) is 4.02. The summed E-state index contributed by atoms with van der Waals surface area (Å²) in [6, 6.07) is 16.4. The first kappa shape index (κ1) is 13.5. The van der Waals surface area contributed by atoms with Crippen molar-refractivity contribution >= 4 is 0 Å². The van der Waals surface area contributed by atoms with Crippen LogP contribution < -0.4 is 9.47 Å². The Balaban J connectivity index is 2.13. The van der Waals surface area contributed by atoms with Crippen molar-refractivity contribution in [1.82, 2.24) is 0 Å². The number of hydrogen-bond acceptors (Lipinski definition) is 2. The van der Waals surface area contributed by atoms with Gasteiger partial charge in [-0.2, -0.15) is 0 Å². The Kier molecular flexibility index (Phi) is 4.45. The van der Waals surface area contributed by atoms with Crippen LogP contribution in [0, 0.1) is 0 Å². The van der Waals surface area contributed by atoms with Crippen LogP contribution in [0.2, 0.25) is 0 Å². The minimum Gasteiger partial charge on any atom is -0.497 e. The first-order valence-corrected chi connectivity index (χ1v) is 6.56. The van der Waals surface area contributed by atoms with Gasteiger partial charge in [-0.15, -0.1) is 0 Å². The molecular formula is C17H20O2. The van der Waals surface area contributed by atoms with Crippen LogP contribution >= 0.6 is 0 Å². The second-order valence-electron chi connectivity index (χ2n) is 4.84. The highest BCUT2D eigenvalue weighted by atomic mass is 16.5. The van der Waals surface area contributed by atoms with Crippen molar-refractivity contribution in [1.29, 1.82) is 0 Å². The second kappa shape index (κ2) is 6.28. The van der Waals surface area contributed by atoms with Crippen LogP contribution in [0.4, 0.5) is 0 Å². The summed E-state index contributed by atoms with van der Waals surface area (Å²) in [5, 5.41) is 0. The zero-order valence-electron chi connectivity index (χ0n) is 11.7. The van der Waals surface area contributed by atoms with Gasteiger partial charge in [0.1, 0.15) is 11.5 Å². The summed E-state index contributed by atoms with van der Waals surface area (Å²) >= 11 is 0. The number of benzene rings is 2. The Bertz CT molecular complexity index is 532. The SMILES string of the molecule is COc1cccc(Cc2cccc(OC(C)C)c2)c1. The second-order valence-corrected chi connectivity index (χ2v) is 4.84. The van der Waals surface area contributed by atoms with Crippen molar-refractivity contribution in [2.75, 3.05) is 7.11 Å². The number of rotatable bonds is 5. The van der Waals surface area contributed by atoms with E-state index >= 15 is 0 Å². The molecule has 0 heterocycles. The van der Waals surface area contributed by atoms with Crippen molar-refractivity contribution < 1.29 is 9.47 Å². The van der Waals surface area contributed by atoms with E-state index in [9.17, 15) is 0 Å². The third-order valence-electron chi connectivity index (χ3n) is 2.81. The average Bonchev–Trinajstić information content (AvgIpc) is 2.38. The fourth-order valence-corrected chi connectivity index (χ4v) is 2.02. The predicted molar refractivity (Wildman–Crippen MR) is 78.0 cm³/mol. The smallest absolute Gasteiger partial charge is 0.119 e. The van der Waals surface area contributed by atoms with Crippen LogP contribution in [0.1, 0.15) is 25.0 Å². The zero-order chi connectivity index (χ0) is 13.7. The molecule has 0 spiro atoms. The van der Waals surface area contributed by atoms with Gasteiger partial charge >= 0.3 is 0 Å². The van der Waals surface area contributed by atoms with Gasteiger partial charge in [0.05, 0.1) is 13.2 Å². The first-order valence-electron chi connectivity index (χ1n) is 6.56. The standard InChI is InChI=1S/C17H20O2/c1-13(2)19-17-9-5-7-15(12-17)10-14-6-4-8-16(11-14)18-3/h4-9,11-13H,10H2,1-3H3. The van der Waals surface area contributed by atoms with Crippen LogP contribution in [-0.2, 0) is 6.42 Å². The van der Waals surface area contributed by atoms with E-state index in [2.05, 4.69) is 24.3 Å². The molecule has 0 fully saturated rings. The van der Waals surface area contributed by atoms with E-state index in [4.69, 9.17) is 9.47 Å². The van der Waals surface area contributed by atoms with Gasteiger partial charge in [0.2, 0.25) is 0 Å². The minimum atomic E-state index is 0.201. The van der Waals surface area contributed by atoms with Crippen LogP contribution in [0.15, 0.2) is 48.5 Å². The number of methoxy groups -OCH3 is 1. The molecule has 0 aliphatic rings. The van der Waals surface area contributed by atoms with E-state index in [1.165, 1.54) is 11.1 Å². The van der Waals surface area contributed by atoms with Gasteiger partial charge in [0, 0.05) is 0 Å². The molecule has 100 valence electrons. The van der Waals surface area contributed by atoms with E-state index in [0.29, 0.717) is 0 Å². The maximum absolute atomic E-state index is 5.71. The van der Waals surface area contributed by atoms with Crippen molar-refractivity contribution in [3.63, 3.8) is 0 Å². The van der Waals surface area contributed by atoms with E-state index in [1.54, 1.807) is 7.11 Å². The molecule has 0 aromatic heterocycles. The summed E-state index contributed by atoms with van der Waals surface area (Å²) in [4.78, 5) is 0. The summed E-state index contributed by atoms with van der Waals surface area (Å²) in [6.45, 7) is 4.07. The summed E-state index contributed by atoms with van der Waals surface area (Å²) in [7, 11) is 1.69. The highest BCUT2D eigenvalue weighted by Crippen LogP contribution is 2.20. The summed E-state index contributed by atoms with van der Waals surface area (Å²) in [6.07, 6.45) is 1.08. The normalized spacial score (nSPS) is 10.5. The molecular weight excluding hydrogens is 236 g/mol. The van der Waals surface area contributed by atoms with Gasteiger partial charge in [-0.05, 0) is 55.7 Å². The maximum atomic E-state index is 5.71. The number of ether oxygens (including phenoxy) is 2. The molecule has 0 atom stereocenters. The Labute approximate surface area is 115 Å². The molecule has 2 nitrogen and oxygen atoms in total. The van der Waals surface area contributed by atoms with Crippen molar-refractivity contribution in [3.05, 3.63) is 59.7 Å². The van der Waals surface area contributed by atoms with Gasteiger partial charge in [-0.25, -0.2) is 0 Å². The van der Waals surface area contributed by atoms with E-state index in [0.717, 1.165) is 17.9 Å². The molecule has 0 saturated heterocycles. The highest BCUT2D eigenvalue weighted by Gasteiger charge is 2.02. The lowest BCUT2D eigenvalue weighted by molar-refractivity contribution is 0.242. The molecule has 2 heteroatoms. The molecule has 2 aromatic rings. The van der Waals surface area contributed by atoms with Gasteiger partial charge < -0.3 is 9.47 Å². The zero-order valence-corrected chi connectivity index (χ0v) is 11.7. The average molecular weight is 256 g/mol. The molecule has 2 aromatic carbocycles. The van der Waals surface area contributed by atoms with Crippen molar-refractivity contribution in [3.8, 4) is 11.5 Å². The van der Waals surface area contributed by atoms with Crippen LogP contribution in [-0.4, -0.2) is 13.2 Å². The quantitative estimate of drug-likeness (QED) is 0.802. The number of hydrogen-bond donors (Lipinski definition) is 0. The van der Waals surface area contributed by atoms with Crippen LogP contribution in [0.25, 0.3) is 0 Å². The van der Waals surface area contributed by atoms with Crippen molar-refractivity contribution in [2.45, 2.75) is 26.4 Å².